The first-order valence-corrected chi connectivity index (χ1v) is 21.1. The number of nitrogens with zero attached hydrogens (tertiary/aromatic N) is 3. The number of benzene rings is 1. The highest BCUT2D eigenvalue weighted by Crippen LogP contribution is 2.57. The van der Waals surface area contributed by atoms with Gasteiger partial charge in [0.25, 0.3) is 0 Å². The van der Waals surface area contributed by atoms with Crippen molar-refractivity contribution in [3.05, 3.63) is 47.3 Å². The van der Waals surface area contributed by atoms with Gasteiger partial charge in [-0.2, -0.15) is 0 Å². The average molecular weight is 816 g/mol. The Labute approximate surface area is 342 Å². The van der Waals surface area contributed by atoms with E-state index < -0.39 is 53.4 Å². The molecule has 3 saturated carbocycles. The fourth-order valence-corrected chi connectivity index (χ4v) is 9.84. The first kappa shape index (κ1) is 41.3. The van der Waals surface area contributed by atoms with Gasteiger partial charge in [0.15, 0.2) is 12.4 Å². The molecule has 7 rings (SSSR count). The number of esters is 1. The van der Waals surface area contributed by atoms with Gasteiger partial charge in [0.1, 0.15) is 23.7 Å². The Morgan fingerprint density at radius 1 is 1.02 bits per heavy atom. The lowest BCUT2D eigenvalue weighted by atomic mass is 9.77. The monoisotopic (exact) mass is 815 g/mol. The third-order valence-electron chi connectivity index (χ3n) is 12.3. The first-order chi connectivity index (χ1) is 27.4. The molecule has 1 aromatic carbocycles. The summed E-state index contributed by atoms with van der Waals surface area (Å²) in [7, 11) is 0. The molecule has 2 unspecified atom stereocenters. The van der Waals surface area contributed by atoms with Crippen LogP contribution in [0, 0.1) is 40.4 Å². The average Bonchev–Trinajstić information content (AvgIpc) is 3.82. The molecule has 3 heterocycles. The molecule has 14 heteroatoms. The van der Waals surface area contributed by atoms with E-state index in [1.165, 1.54) is 22.7 Å². The van der Waals surface area contributed by atoms with Crippen molar-refractivity contribution >= 4 is 51.8 Å². The third-order valence-corrected chi connectivity index (χ3v) is 13.1. The van der Waals surface area contributed by atoms with Gasteiger partial charge in [-0.05, 0) is 66.9 Å². The van der Waals surface area contributed by atoms with Crippen LogP contribution in [0.25, 0.3) is 22.3 Å². The summed E-state index contributed by atoms with van der Waals surface area (Å²) < 4.78 is 18.1. The first-order valence-electron chi connectivity index (χ1n) is 20.2. The number of aliphatic carboxylic acids is 2. The molecule has 8 atom stereocenters. The van der Waals surface area contributed by atoms with Crippen molar-refractivity contribution < 1.29 is 48.4 Å². The van der Waals surface area contributed by atoms with E-state index in [0.717, 1.165) is 24.3 Å². The molecule has 3 aliphatic carbocycles. The number of pyridine rings is 1. The van der Waals surface area contributed by atoms with E-state index in [0.29, 0.717) is 51.5 Å². The van der Waals surface area contributed by atoms with Gasteiger partial charge in [-0.1, -0.05) is 40.7 Å². The number of ketones is 1. The standard InChI is InChI=1S/C44H53N3O10S/c1-7-26-18-44(26,42(53)54)19-36(48)35-15-29(20-47(35)41(52)31(43(4,5)6)16-40(51)57-28-12-24-11-25(24)13-28)56-37-17-33(34-22-58-38(46-34)10-23(2)3)45-32-14-27(8-9-30(32)37)55-21-39(49)50/h7-9,14,17,22-26,28-29,31,35H,1,10-13,15-16,18-21H2,2-6H3,(H,49,50)(H,53,54)/t24-,25+,26?,28?,29-,31-,35+,44-/m1/s1. The van der Waals surface area contributed by atoms with E-state index in [9.17, 15) is 34.2 Å². The Morgan fingerprint density at radius 2 is 1.76 bits per heavy atom. The van der Waals surface area contributed by atoms with Crippen LogP contribution in [0.2, 0.25) is 0 Å². The van der Waals surface area contributed by atoms with Crippen LogP contribution in [0.15, 0.2) is 42.3 Å². The highest BCUT2D eigenvalue weighted by atomic mass is 32.1. The van der Waals surface area contributed by atoms with Gasteiger partial charge in [0.05, 0.1) is 52.3 Å². The number of ether oxygens (including phenoxy) is 3. The molecule has 310 valence electrons. The Morgan fingerprint density at radius 3 is 2.40 bits per heavy atom. The maximum Gasteiger partial charge on any atom is 0.341 e. The molecule has 0 spiro atoms. The molecule has 13 nitrogen and oxygen atoms in total. The van der Waals surface area contributed by atoms with Crippen LogP contribution in [0.4, 0.5) is 0 Å². The van der Waals surface area contributed by atoms with Gasteiger partial charge in [-0.15, -0.1) is 17.9 Å². The smallest absolute Gasteiger partial charge is 0.341 e. The minimum absolute atomic E-state index is 0.0159. The van der Waals surface area contributed by atoms with Gasteiger partial charge >= 0.3 is 17.9 Å². The molecule has 2 aromatic heterocycles. The second kappa shape index (κ2) is 16.1. The number of carbonyl (C=O) groups excluding carboxylic acids is 3. The van der Waals surface area contributed by atoms with E-state index in [2.05, 4.69) is 20.4 Å². The van der Waals surface area contributed by atoms with Crippen LogP contribution in [0.5, 0.6) is 11.5 Å². The quantitative estimate of drug-likeness (QED) is 0.105. The molecule has 2 N–H and O–H groups in total. The molecule has 3 aromatic rings. The molecule has 1 saturated heterocycles. The number of amides is 1. The third kappa shape index (κ3) is 8.91. The van der Waals surface area contributed by atoms with E-state index in [4.69, 9.17) is 24.2 Å². The summed E-state index contributed by atoms with van der Waals surface area (Å²) in [5, 5.41) is 22.9. The molecule has 4 fully saturated rings. The van der Waals surface area contributed by atoms with Gasteiger partial charge in [0.2, 0.25) is 5.91 Å². The summed E-state index contributed by atoms with van der Waals surface area (Å²) in [6.45, 7) is 13.1. The number of thiazole rings is 1. The van der Waals surface area contributed by atoms with E-state index in [1.54, 1.807) is 30.3 Å². The zero-order chi connectivity index (χ0) is 41.7. The van der Waals surface area contributed by atoms with Crippen molar-refractivity contribution in [2.45, 2.75) is 104 Å². The van der Waals surface area contributed by atoms with Gasteiger partial charge in [-0.3, -0.25) is 19.2 Å². The van der Waals surface area contributed by atoms with Gasteiger partial charge < -0.3 is 29.3 Å². The predicted molar refractivity (Wildman–Crippen MR) is 215 cm³/mol. The van der Waals surface area contributed by atoms with E-state index in [1.807, 2.05) is 26.2 Å². The van der Waals surface area contributed by atoms with Crippen LogP contribution in [0.3, 0.4) is 0 Å². The summed E-state index contributed by atoms with van der Waals surface area (Å²) in [4.78, 5) is 77.3. The zero-order valence-corrected chi connectivity index (χ0v) is 34.6. The molecule has 0 bridgehead atoms. The minimum atomic E-state index is -1.28. The number of carboxylic acids is 2. The second-order valence-electron chi connectivity index (χ2n) is 18.2. The normalized spacial score (nSPS) is 26.6. The summed E-state index contributed by atoms with van der Waals surface area (Å²) in [5.74, 6) is -2.22. The number of likely N-dealkylation sites (tertiary alicyclic amines) is 1. The van der Waals surface area contributed by atoms with Crippen LogP contribution in [0.1, 0.15) is 84.6 Å². The Balaban J connectivity index is 1.19. The lowest BCUT2D eigenvalue weighted by Crippen LogP contribution is -2.48. The summed E-state index contributed by atoms with van der Waals surface area (Å²) in [5.41, 5.74) is -0.339. The molecule has 1 amide bonds. The van der Waals surface area contributed by atoms with Crippen LogP contribution in [-0.2, 0) is 35.1 Å². The number of Topliss-reactive ketones (excluding diaryl/α,β-unsaturated/α-hetero) is 1. The molecule has 0 radical (unpaired) electrons. The molecule has 58 heavy (non-hydrogen) atoms. The molecule has 1 aliphatic heterocycles. The fraction of sp³-hybridized carbons (Fsp3) is 0.568. The zero-order valence-electron chi connectivity index (χ0n) is 33.8. The van der Waals surface area contributed by atoms with Crippen molar-refractivity contribution in [3.8, 4) is 22.9 Å². The molecule has 4 aliphatic rings. The summed E-state index contributed by atoms with van der Waals surface area (Å²) in [6.07, 6.45) is 4.39. The van der Waals surface area contributed by atoms with Crippen molar-refractivity contribution in [2.24, 2.45) is 40.4 Å². The number of hydrogen-bond donors (Lipinski definition) is 2. The number of aromatic nitrogens is 2. The van der Waals surface area contributed by atoms with Crippen LogP contribution in [-0.4, -0.2) is 86.1 Å². The Hall–Kier alpha value is -4.85. The topological polar surface area (TPSA) is 183 Å². The summed E-state index contributed by atoms with van der Waals surface area (Å²) >= 11 is 1.53. The van der Waals surface area contributed by atoms with Crippen molar-refractivity contribution in [1.82, 2.24) is 14.9 Å². The van der Waals surface area contributed by atoms with E-state index in [-0.39, 0.29) is 55.9 Å². The lowest BCUT2D eigenvalue weighted by Gasteiger charge is -2.35. The molecular weight excluding hydrogens is 763 g/mol. The van der Waals surface area contributed by atoms with Gasteiger partial charge in [-0.25, -0.2) is 14.8 Å². The number of rotatable bonds is 17. The number of carboxylic acid groups (broad SMARTS) is 2. The van der Waals surface area contributed by atoms with Crippen molar-refractivity contribution in [1.29, 1.82) is 0 Å². The second-order valence-corrected chi connectivity index (χ2v) is 19.1. The maximum absolute atomic E-state index is 14.8. The number of allylic oxidation sites excluding steroid dienone is 1. The lowest BCUT2D eigenvalue weighted by molar-refractivity contribution is -0.157. The van der Waals surface area contributed by atoms with Gasteiger partial charge in [0, 0.05) is 42.2 Å². The number of carbonyl (C=O) groups is 5. The maximum atomic E-state index is 14.8. The predicted octanol–water partition coefficient (Wildman–Crippen LogP) is 7.00. The Bertz CT molecular complexity index is 2110. The minimum Gasteiger partial charge on any atom is -0.488 e. The number of fused-ring (bicyclic) bond motifs is 2. The van der Waals surface area contributed by atoms with E-state index >= 15 is 0 Å². The van der Waals surface area contributed by atoms with Crippen LogP contribution < -0.4 is 9.47 Å². The SMILES string of the molecule is C=CC1C[C@]1(CC(=O)[C@@H]1C[C@@H](Oc2cc(-c3csc(CC(C)C)n3)nc3cc(OCC(=O)O)ccc23)CN1C(=O)[C@@H](CC(=O)OC1C[C@@H]2C[C@@H]2C1)C(C)(C)C)C(=O)O. The highest BCUT2D eigenvalue weighted by molar-refractivity contribution is 7.09. The molecular formula is C44H53N3O10S. The van der Waals surface area contributed by atoms with Crippen LogP contribution >= 0.6 is 11.3 Å². The highest BCUT2D eigenvalue weighted by Gasteiger charge is 2.61. The van der Waals surface area contributed by atoms with Crippen molar-refractivity contribution in [3.63, 3.8) is 0 Å². The largest absolute Gasteiger partial charge is 0.488 e. The summed E-state index contributed by atoms with van der Waals surface area (Å²) in [6, 6.07) is 5.75. The number of hydrogen-bond acceptors (Lipinski definition) is 11. The fourth-order valence-electron chi connectivity index (χ4n) is 8.84. The Kier molecular flexibility index (Phi) is 11.4. The van der Waals surface area contributed by atoms with Crippen molar-refractivity contribution in [2.75, 3.05) is 13.2 Å².